The summed E-state index contributed by atoms with van der Waals surface area (Å²) in [4.78, 5) is 0. The van der Waals surface area contributed by atoms with Crippen molar-refractivity contribution < 1.29 is 25.2 Å². The lowest BCUT2D eigenvalue weighted by Crippen LogP contribution is -2.55. The summed E-state index contributed by atoms with van der Waals surface area (Å²) in [5, 5.41) is 44.8. The van der Waals surface area contributed by atoms with Crippen LogP contribution in [0.5, 0.6) is 0 Å². The molecule has 1 aliphatic heterocycles. The van der Waals surface area contributed by atoms with Crippen LogP contribution in [0.4, 0.5) is 0 Å². The molecular formula is C22H23ClN2O5. The Balaban J connectivity index is 1.57. The van der Waals surface area contributed by atoms with E-state index in [-0.39, 0.29) is 0 Å². The molecular weight excluding hydrogens is 408 g/mol. The van der Waals surface area contributed by atoms with Crippen LogP contribution in [-0.2, 0) is 11.2 Å². The van der Waals surface area contributed by atoms with Gasteiger partial charge in [0.2, 0.25) is 0 Å². The molecule has 1 saturated heterocycles. The molecule has 2 aromatic carbocycles. The standard InChI is InChI=1S/C22H23ClN2O5/c23-17-7-6-14(22-21(29)20(28)19(27)18(12-26)30-22)9-15(17)8-13-10-24-25(11-13)16-4-2-1-3-5-16/h1-7,9-11,18-22,26-29H,8,12H2/t18-,19-,20+,21-,22+/m1/s1. The Kier molecular flexibility index (Phi) is 6.19. The number of halogens is 1. The molecule has 1 fully saturated rings. The normalized spacial score (nSPS) is 26.6. The quantitative estimate of drug-likeness (QED) is 0.490. The maximum absolute atomic E-state index is 10.4. The van der Waals surface area contributed by atoms with Gasteiger partial charge in [-0.05, 0) is 34.9 Å². The highest BCUT2D eigenvalue weighted by molar-refractivity contribution is 6.31. The van der Waals surface area contributed by atoms with Gasteiger partial charge in [-0.2, -0.15) is 5.10 Å². The topological polar surface area (TPSA) is 108 Å². The zero-order valence-electron chi connectivity index (χ0n) is 16.0. The summed E-state index contributed by atoms with van der Waals surface area (Å²) in [5.41, 5.74) is 3.30. The van der Waals surface area contributed by atoms with E-state index < -0.39 is 37.1 Å². The minimum Gasteiger partial charge on any atom is -0.394 e. The predicted octanol–water partition coefficient (Wildman–Crippen LogP) is 1.63. The summed E-state index contributed by atoms with van der Waals surface area (Å²) in [5.74, 6) is 0. The number of aliphatic hydroxyl groups is 4. The van der Waals surface area contributed by atoms with Crippen molar-refractivity contribution in [3.8, 4) is 5.69 Å². The minimum absolute atomic E-state index is 0.472. The van der Waals surface area contributed by atoms with Crippen molar-refractivity contribution >= 4 is 11.6 Å². The first-order chi connectivity index (χ1) is 14.5. The molecule has 5 atom stereocenters. The van der Waals surface area contributed by atoms with Crippen LogP contribution in [0.2, 0.25) is 5.02 Å². The minimum atomic E-state index is -1.43. The number of aromatic nitrogens is 2. The van der Waals surface area contributed by atoms with Gasteiger partial charge < -0.3 is 25.2 Å². The van der Waals surface area contributed by atoms with Gasteiger partial charge in [0.1, 0.15) is 30.5 Å². The zero-order chi connectivity index (χ0) is 21.3. The van der Waals surface area contributed by atoms with Gasteiger partial charge in [-0.3, -0.25) is 0 Å². The molecule has 1 aromatic heterocycles. The summed E-state index contributed by atoms with van der Waals surface area (Å²) in [7, 11) is 0. The van der Waals surface area contributed by atoms with Crippen LogP contribution in [-0.4, -0.2) is 61.2 Å². The summed E-state index contributed by atoms with van der Waals surface area (Å²) >= 11 is 6.39. The van der Waals surface area contributed by atoms with Gasteiger partial charge in [0.15, 0.2) is 0 Å². The average Bonchev–Trinajstić information content (AvgIpc) is 3.23. The molecule has 2 heterocycles. The summed E-state index contributed by atoms with van der Waals surface area (Å²) < 4.78 is 7.44. The van der Waals surface area contributed by atoms with Crippen LogP contribution in [0.1, 0.15) is 22.8 Å². The molecule has 7 nitrogen and oxygen atoms in total. The van der Waals surface area contributed by atoms with Gasteiger partial charge in [0.25, 0.3) is 0 Å². The highest BCUT2D eigenvalue weighted by Gasteiger charge is 2.44. The van der Waals surface area contributed by atoms with Gasteiger partial charge in [0, 0.05) is 17.6 Å². The molecule has 0 aliphatic carbocycles. The Morgan fingerprint density at radius 2 is 1.77 bits per heavy atom. The first-order valence-corrected chi connectivity index (χ1v) is 10.0. The molecule has 4 rings (SSSR count). The van der Waals surface area contributed by atoms with Crippen molar-refractivity contribution in [1.29, 1.82) is 0 Å². The molecule has 0 saturated carbocycles. The Morgan fingerprint density at radius 3 is 2.50 bits per heavy atom. The molecule has 3 aromatic rings. The summed E-state index contributed by atoms with van der Waals surface area (Å²) in [6.45, 7) is -0.472. The SMILES string of the molecule is OC[C@H]1O[C@@H](c2ccc(Cl)c(Cc3cnn(-c4ccccc4)c3)c2)[C@H](O)[C@@H](O)[C@@H]1O. The number of hydrogen-bond donors (Lipinski definition) is 4. The Labute approximate surface area is 178 Å². The predicted molar refractivity (Wildman–Crippen MR) is 111 cm³/mol. The smallest absolute Gasteiger partial charge is 0.113 e. The number of para-hydroxylation sites is 1. The number of rotatable bonds is 5. The van der Waals surface area contributed by atoms with E-state index in [9.17, 15) is 20.4 Å². The molecule has 0 bridgehead atoms. The molecule has 0 unspecified atom stereocenters. The molecule has 0 spiro atoms. The van der Waals surface area contributed by atoms with Gasteiger partial charge in [0.05, 0.1) is 18.5 Å². The highest BCUT2D eigenvalue weighted by atomic mass is 35.5. The number of nitrogens with zero attached hydrogens (tertiary/aromatic N) is 2. The lowest BCUT2D eigenvalue weighted by molar-refractivity contribution is -0.231. The average molecular weight is 431 g/mol. The monoisotopic (exact) mass is 430 g/mol. The highest BCUT2D eigenvalue weighted by Crippen LogP contribution is 2.34. The van der Waals surface area contributed by atoms with Crippen LogP contribution in [0, 0.1) is 0 Å². The van der Waals surface area contributed by atoms with E-state index in [0.717, 1.165) is 16.8 Å². The first kappa shape index (κ1) is 21.0. The number of hydrogen-bond acceptors (Lipinski definition) is 6. The Bertz CT molecular complexity index is 994. The second kappa shape index (κ2) is 8.85. The Hall–Kier alpha value is -2.26. The number of ether oxygens (including phenoxy) is 1. The van der Waals surface area contributed by atoms with E-state index in [1.165, 1.54) is 0 Å². The fourth-order valence-electron chi connectivity index (χ4n) is 3.68. The van der Waals surface area contributed by atoms with Crippen LogP contribution < -0.4 is 0 Å². The molecule has 30 heavy (non-hydrogen) atoms. The lowest BCUT2D eigenvalue weighted by Gasteiger charge is -2.40. The summed E-state index contributed by atoms with van der Waals surface area (Å²) in [6, 6.07) is 15.0. The maximum atomic E-state index is 10.4. The van der Waals surface area contributed by atoms with Crippen LogP contribution in [0.25, 0.3) is 5.69 Å². The van der Waals surface area contributed by atoms with E-state index >= 15 is 0 Å². The molecule has 4 N–H and O–H groups in total. The van der Waals surface area contributed by atoms with E-state index in [2.05, 4.69) is 5.10 Å². The number of benzene rings is 2. The van der Waals surface area contributed by atoms with Crippen molar-refractivity contribution in [3.05, 3.63) is 82.6 Å². The first-order valence-electron chi connectivity index (χ1n) is 9.65. The third kappa shape index (κ3) is 4.13. The van der Waals surface area contributed by atoms with Crippen molar-refractivity contribution in [2.45, 2.75) is 36.9 Å². The third-order valence-corrected chi connectivity index (χ3v) is 5.71. The number of aliphatic hydroxyl groups excluding tert-OH is 4. The van der Waals surface area contributed by atoms with Crippen molar-refractivity contribution in [2.75, 3.05) is 6.61 Å². The molecule has 0 amide bonds. The molecule has 0 radical (unpaired) electrons. The van der Waals surface area contributed by atoms with E-state index in [1.807, 2.05) is 36.5 Å². The van der Waals surface area contributed by atoms with Crippen molar-refractivity contribution in [3.63, 3.8) is 0 Å². The maximum Gasteiger partial charge on any atom is 0.113 e. The van der Waals surface area contributed by atoms with Crippen LogP contribution in [0.15, 0.2) is 60.9 Å². The van der Waals surface area contributed by atoms with E-state index in [0.29, 0.717) is 17.0 Å². The largest absolute Gasteiger partial charge is 0.394 e. The van der Waals surface area contributed by atoms with E-state index in [4.69, 9.17) is 16.3 Å². The second-order valence-electron chi connectivity index (χ2n) is 7.41. The van der Waals surface area contributed by atoms with Gasteiger partial charge >= 0.3 is 0 Å². The van der Waals surface area contributed by atoms with E-state index in [1.54, 1.807) is 29.1 Å². The van der Waals surface area contributed by atoms with Crippen LogP contribution in [0.3, 0.4) is 0 Å². The Morgan fingerprint density at radius 1 is 1.00 bits per heavy atom. The van der Waals surface area contributed by atoms with Gasteiger partial charge in [-0.25, -0.2) is 4.68 Å². The van der Waals surface area contributed by atoms with Gasteiger partial charge in [-0.15, -0.1) is 0 Å². The summed E-state index contributed by atoms with van der Waals surface area (Å²) in [6.07, 6.45) is -1.81. The van der Waals surface area contributed by atoms with Crippen LogP contribution >= 0.6 is 11.6 Å². The third-order valence-electron chi connectivity index (χ3n) is 5.34. The molecule has 158 valence electrons. The lowest BCUT2D eigenvalue weighted by atomic mass is 9.90. The van der Waals surface area contributed by atoms with Crippen molar-refractivity contribution in [1.82, 2.24) is 9.78 Å². The second-order valence-corrected chi connectivity index (χ2v) is 7.81. The van der Waals surface area contributed by atoms with Gasteiger partial charge in [-0.1, -0.05) is 41.9 Å². The fourth-order valence-corrected chi connectivity index (χ4v) is 3.86. The molecule has 1 aliphatic rings. The van der Waals surface area contributed by atoms with Crippen molar-refractivity contribution in [2.24, 2.45) is 0 Å². The fraction of sp³-hybridized carbons (Fsp3) is 0.318. The zero-order valence-corrected chi connectivity index (χ0v) is 16.8. The molecule has 8 heteroatoms.